The van der Waals surface area contributed by atoms with Crippen LogP contribution in [0.25, 0.3) is 11.0 Å². The maximum Gasteiger partial charge on any atom is 0.246 e. The maximum atomic E-state index is 11.8. The summed E-state index contributed by atoms with van der Waals surface area (Å²) in [5.41, 5.74) is 2.19. The summed E-state index contributed by atoms with van der Waals surface area (Å²) in [5.74, 6) is -0.140. The molecule has 2 heterocycles. The molecule has 3 rings (SSSR count). The maximum absolute atomic E-state index is 11.8. The molecule has 1 N–H and O–H groups in total. The van der Waals surface area contributed by atoms with Crippen LogP contribution in [-0.4, -0.2) is 24.4 Å². The standard InChI is InChI=1S/C11H9N5OS/c17-10(7-16-6-2-5-12-16)13-8-3-1-4-9-11(8)15-18-14-9/h1-6H,7H2,(H,13,17). The fourth-order valence-corrected chi connectivity index (χ4v) is 2.19. The van der Waals surface area contributed by atoms with Crippen LogP contribution in [0.4, 0.5) is 5.69 Å². The van der Waals surface area contributed by atoms with E-state index in [0.717, 1.165) is 22.8 Å². The van der Waals surface area contributed by atoms with Crippen molar-refractivity contribution in [2.75, 3.05) is 5.32 Å². The largest absolute Gasteiger partial charge is 0.322 e. The first-order valence-corrected chi connectivity index (χ1v) is 6.04. The summed E-state index contributed by atoms with van der Waals surface area (Å²) in [4.78, 5) is 11.8. The summed E-state index contributed by atoms with van der Waals surface area (Å²) in [6.45, 7) is 0.182. The molecule has 0 radical (unpaired) electrons. The lowest BCUT2D eigenvalue weighted by Crippen LogP contribution is -2.19. The van der Waals surface area contributed by atoms with Gasteiger partial charge in [0.25, 0.3) is 0 Å². The number of rotatable bonds is 3. The Kier molecular flexibility index (Phi) is 2.73. The van der Waals surface area contributed by atoms with Crippen molar-refractivity contribution in [3.63, 3.8) is 0 Å². The zero-order valence-corrected chi connectivity index (χ0v) is 10.1. The van der Waals surface area contributed by atoms with Gasteiger partial charge in [0.2, 0.25) is 5.91 Å². The number of amides is 1. The summed E-state index contributed by atoms with van der Waals surface area (Å²) in [6, 6.07) is 7.29. The average molecular weight is 259 g/mol. The van der Waals surface area contributed by atoms with E-state index in [1.54, 1.807) is 23.1 Å². The molecule has 0 saturated carbocycles. The number of hydrogen-bond acceptors (Lipinski definition) is 5. The van der Waals surface area contributed by atoms with Crippen LogP contribution in [0.15, 0.2) is 36.7 Å². The Balaban J connectivity index is 1.80. The smallest absolute Gasteiger partial charge is 0.246 e. The lowest BCUT2D eigenvalue weighted by atomic mass is 10.2. The minimum absolute atomic E-state index is 0.140. The third kappa shape index (κ3) is 2.07. The van der Waals surface area contributed by atoms with Crippen LogP contribution >= 0.6 is 11.7 Å². The van der Waals surface area contributed by atoms with E-state index in [4.69, 9.17) is 0 Å². The third-order valence-electron chi connectivity index (χ3n) is 2.42. The normalized spacial score (nSPS) is 10.7. The van der Waals surface area contributed by atoms with Crippen molar-refractivity contribution in [3.05, 3.63) is 36.7 Å². The number of carbonyl (C=O) groups is 1. The Bertz CT molecular complexity index is 676. The Morgan fingerprint density at radius 1 is 1.33 bits per heavy atom. The summed E-state index contributed by atoms with van der Waals surface area (Å²) in [6.07, 6.45) is 3.38. The van der Waals surface area contributed by atoms with E-state index in [1.807, 2.05) is 18.2 Å². The van der Waals surface area contributed by atoms with Gasteiger partial charge in [-0.3, -0.25) is 9.48 Å². The monoisotopic (exact) mass is 259 g/mol. The molecule has 1 amide bonds. The molecule has 0 bridgehead atoms. The molecule has 0 aliphatic rings. The van der Waals surface area contributed by atoms with Gasteiger partial charge in [0, 0.05) is 12.4 Å². The van der Waals surface area contributed by atoms with Crippen molar-refractivity contribution >= 4 is 34.4 Å². The lowest BCUT2D eigenvalue weighted by molar-refractivity contribution is -0.116. The van der Waals surface area contributed by atoms with Gasteiger partial charge in [-0.2, -0.15) is 13.8 Å². The summed E-state index contributed by atoms with van der Waals surface area (Å²) in [7, 11) is 0. The number of benzene rings is 1. The SMILES string of the molecule is O=C(Cn1cccn1)Nc1cccc2nsnc12. The molecule has 0 aliphatic heterocycles. The highest BCUT2D eigenvalue weighted by Gasteiger charge is 2.08. The van der Waals surface area contributed by atoms with E-state index in [1.165, 1.54) is 0 Å². The summed E-state index contributed by atoms with van der Waals surface area (Å²) < 4.78 is 9.85. The van der Waals surface area contributed by atoms with E-state index >= 15 is 0 Å². The Hall–Kier alpha value is -2.28. The van der Waals surface area contributed by atoms with Crippen LogP contribution in [0.2, 0.25) is 0 Å². The summed E-state index contributed by atoms with van der Waals surface area (Å²) in [5, 5.41) is 6.79. The van der Waals surface area contributed by atoms with Crippen molar-refractivity contribution in [1.82, 2.24) is 18.5 Å². The molecule has 90 valence electrons. The Morgan fingerprint density at radius 3 is 3.11 bits per heavy atom. The molecule has 0 atom stereocenters. The van der Waals surface area contributed by atoms with E-state index < -0.39 is 0 Å². The Morgan fingerprint density at radius 2 is 2.28 bits per heavy atom. The minimum Gasteiger partial charge on any atom is -0.322 e. The van der Waals surface area contributed by atoms with E-state index in [-0.39, 0.29) is 12.5 Å². The third-order valence-corrected chi connectivity index (χ3v) is 2.97. The zero-order chi connectivity index (χ0) is 12.4. The molecule has 6 nitrogen and oxygen atoms in total. The predicted octanol–water partition coefficient (Wildman–Crippen LogP) is 1.53. The molecule has 1 aromatic carbocycles. The van der Waals surface area contributed by atoms with Gasteiger partial charge in [0.05, 0.1) is 17.4 Å². The first kappa shape index (κ1) is 10.8. The quantitative estimate of drug-likeness (QED) is 0.774. The predicted molar refractivity (Wildman–Crippen MR) is 68.3 cm³/mol. The fraction of sp³-hybridized carbons (Fsp3) is 0.0909. The molecule has 0 saturated heterocycles. The van der Waals surface area contributed by atoms with Crippen molar-refractivity contribution in [2.45, 2.75) is 6.54 Å². The number of fused-ring (bicyclic) bond motifs is 1. The summed E-state index contributed by atoms with van der Waals surface area (Å²) >= 11 is 1.13. The highest BCUT2D eigenvalue weighted by molar-refractivity contribution is 7.00. The molecular weight excluding hydrogens is 250 g/mol. The second kappa shape index (κ2) is 4.53. The molecule has 0 fully saturated rings. The van der Waals surface area contributed by atoms with Crippen molar-refractivity contribution in [1.29, 1.82) is 0 Å². The van der Waals surface area contributed by atoms with Crippen molar-refractivity contribution in [3.8, 4) is 0 Å². The van der Waals surface area contributed by atoms with Crippen LogP contribution in [0.3, 0.4) is 0 Å². The fourth-order valence-electron chi connectivity index (χ4n) is 1.64. The number of anilines is 1. The van der Waals surface area contributed by atoms with Crippen LogP contribution in [0, 0.1) is 0 Å². The molecule has 0 unspecified atom stereocenters. The topological polar surface area (TPSA) is 72.7 Å². The van der Waals surface area contributed by atoms with Crippen LogP contribution in [0.5, 0.6) is 0 Å². The second-order valence-corrected chi connectivity index (χ2v) is 4.22. The Labute approximate surface area is 107 Å². The second-order valence-electron chi connectivity index (χ2n) is 3.69. The van der Waals surface area contributed by atoms with Crippen LogP contribution in [-0.2, 0) is 11.3 Å². The van der Waals surface area contributed by atoms with Crippen LogP contribution < -0.4 is 5.32 Å². The van der Waals surface area contributed by atoms with Gasteiger partial charge in [0.1, 0.15) is 17.6 Å². The highest BCUT2D eigenvalue weighted by atomic mass is 32.1. The number of nitrogens with zero attached hydrogens (tertiary/aromatic N) is 4. The molecule has 2 aromatic heterocycles. The van der Waals surface area contributed by atoms with Gasteiger partial charge < -0.3 is 5.32 Å². The number of aromatic nitrogens is 4. The average Bonchev–Trinajstić information content (AvgIpc) is 2.99. The van der Waals surface area contributed by atoms with Crippen LogP contribution in [0.1, 0.15) is 0 Å². The molecule has 3 aromatic rings. The molecular formula is C11H9N5OS. The number of nitrogens with one attached hydrogen (secondary N) is 1. The van der Waals surface area contributed by atoms with Gasteiger partial charge in [-0.1, -0.05) is 6.07 Å². The number of carbonyl (C=O) groups excluding carboxylic acids is 1. The lowest BCUT2D eigenvalue weighted by Gasteiger charge is -2.05. The van der Waals surface area contributed by atoms with E-state index in [0.29, 0.717) is 5.69 Å². The zero-order valence-electron chi connectivity index (χ0n) is 9.28. The first-order valence-electron chi connectivity index (χ1n) is 5.31. The van der Waals surface area contributed by atoms with E-state index in [2.05, 4.69) is 19.2 Å². The molecule has 18 heavy (non-hydrogen) atoms. The van der Waals surface area contributed by atoms with Gasteiger partial charge in [-0.05, 0) is 18.2 Å². The van der Waals surface area contributed by atoms with Crippen molar-refractivity contribution in [2.24, 2.45) is 0 Å². The molecule has 0 spiro atoms. The highest BCUT2D eigenvalue weighted by Crippen LogP contribution is 2.20. The van der Waals surface area contributed by atoms with E-state index in [9.17, 15) is 4.79 Å². The van der Waals surface area contributed by atoms with Gasteiger partial charge in [-0.15, -0.1) is 0 Å². The molecule has 0 aliphatic carbocycles. The molecule has 7 heteroatoms. The first-order chi connectivity index (χ1) is 8.83. The van der Waals surface area contributed by atoms with Gasteiger partial charge >= 0.3 is 0 Å². The van der Waals surface area contributed by atoms with Gasteiger partial charge in [-0.25, -0.2) is 0 Å². The van der Waals surface area contributed by atoms with Gasteiger partial charge in [0.15, 0.2) is 0 Å². The number of hydrogen-bond donors (Lipinski definition) is 1. The minimum atomic E-state index is -0.140. The van der Waals surface area contributed by atoms with Crippen molar-refractivity contribution < 1.29 is 4.79 Å².